The fourth-order valence-electron chi connectivity index (χ4n) is 2.97. The summed E-state index contributed by atoms with van der Waals surface area (Å²) in [7, 11) is 1.66. The average Bonchev–Trinajstić information content (AvgIpc) is 2.66. The van der Waals surface area contributed by atoms with Crippen LogP contribution >= 0.6 is 0 Å². The molecular weight excluding hydrogens is 312 g/mol. The van der Waals surface area contributed by atoms with Gasteiger partial charge in [0.25, 0.3) is 0 Å². The molecule has 0 aliphatic carbocycles. The number of hydrogen-bond donors (Lipinski definition) is 2. The van der Waals surface area contributed by atoms with Crippen molar-refractivity contribution in [2.24, 2.45) is 0 Å². The van der Waals surface area contributed by atoms with Crippen molar-refractivity contribution in [3.8, 4) is 5.75 Å². The van der Waals surface area contributed by atoms with Crippen LogP contribution in [0.1, 0.15) is 43.5 Å². The number of anilines is 1. The molecule has 134 valence electrons. The van der Waals surface area contributed by atoms with Gasteiger partial charge in [-0.2, -0.15) is 0 Å². The van der Waals surface area contributed by atoms with Gasteiger partial charge >= 0.3 is 0 Å². The molecule has 0 aliphatic heterocycles. The molecule has 0 aromatic heterocycles. The van der Waals surface area contributed by atoms with E-state index in [9.17, 15) is 4.79 Å². The number of amides is 1. The standard InChI is InChI=1S/C21H28N2O2/c1-5-16-10-9-11-17(6-2)21(16)23-20(24)14-22-15(3)18-12-7-8-13-19(18)25-4/h7-13,15,22H,5-6,14H2,1-4H3,(H,23,24)/t15-/m0/s1. The molecule has 0 aliphatic rings. The monoisotopic (exact) mass is 340 g/mol. The number of carbonyl (C=O) groups is 1. The number of rotatable bonds is 8. The number of methoxy groups -OCH3 is 1. The summed E-state index contributed by atoms with van der Waals surface area (Å²) in [4.78, 5) is 12.4. The molecule has 1 amide bonds. The molecule has 1 atom stereocenters. The Morgan fingerprint density at radius 2 is 1.68 bits per heavy atom. The Labute approximate surface area is 150 Å². The molecule has 0 unspecified atom stereocenters. The normalized spacial score (nSPS) is 11.8. The van der Waals surface area contributed by atoms with Crippen molar-refractivity contribution < 1.29 is 9.53 Å². The van der Waals surface area contributed by atoms with E-state index in [1.807, 2.05) is 31.2 Å². The summed E-state index contributed by atoms with van der Waals surface area (Å²) in [5.41, 5.74) is 4.35. The first-order chi connectivity index (χ1) is 12.1. The van der Waals surface area contributed by atoms with Gasteiger partial charge in [-0.25, -0.2) is 0 Å². The predicted molar refractivity (Wildman–Crippen MR) is 103 cm³/mol. The minimum atomic E-state index is -0.0302. The van der Waals surface area contributed by atoms with Gasteiger partial charge in [-0.3, -0.25) is 4.79 Å². The summed E-state index contributed by atoms with van der Waals surface area (Å²) >= 11 is 0. The third kappa shape index (κ3) is 4.83. The molecule has 0 radical (unpaired) electrons. The quantitative estimate of drug-likeness (QED) is 0.760. The first-order valence-electron chi connectivity index (χ1n) is 8.87. The number of benzene rings is 2. The van der Waals surface area contributed by atoms with E-state index in [4.69, 9.17) is 4.74 Å². The van der Waals surface area contributed by atoms with Crippen LogP contribution in [0.3, 0.4) is 0 Å². The van der Waals surface area contributed by atoms with Crippen molar-refractivity contribution >= 4 is 11.6 Å². The van der Waals surface area contributed by atoms with Crippen molar-refractivity contribution in [1.82, 2.24) is 5.32 Å². The Bertz CT molecular complexity index is 691. The molecule has 2 rings (SSSR count). The summed E-state index contributed by atoms with van der Waals surface area (Å²) in [6, 6.07) is 14.1. The largest absolute Gasteiger partial charge is 0.496 e. The smallest absolute Gasteiger partial charge is 0.238 e. The van der Waals surface area contributed by atoms with Crippen molar-refractivity contribution in [2.45, 2.75) is 39.7 Å². The zero-order chi connectivity index (χ0) is 18.2. The lowest BCUT2D eigenvalue weighted by atomic mass is 10.0. The lowest BCUT2D eigenvalue weighted by Gasteiger charge is -2.18. The SMILES string of the molecule is CCc1cccc(CC)c1NC(=O)CN[C@@H](C)c1ccccc1OC. The number of ether oxygens (including phenoxy) is 1. The van der Waals surface area contributed by atoms with Gasteiger partial charge < -0.3 is 15.4 Å². The fraction of sp³-hybridized carbons (Fsp3) is 0.381. The highest BCUT2D eigenvalue weighted by atomic mass is 16.5. The van der Waals surface area contributed by atoms with Crippen molar-refractivity contribution in [2.75, 3.05) is 19.0 Å². The molecule has 4 nitrogen and oxygen atoms in total. The summed E-state index contributed by atoms with van der Waals surface area (Å²) in [6.45, 7) is 6.49. The molecule has 2 aromatic rings. The second kappa shape index (κ2) is 9.23. The highest BCUT2D eigenvalue weighted by Crippen LogP contribution is 2.25. The maximum atomic E-state index is 12.4. The highest BCUT2D eigenvalue weighted by Gasteiger charge is 2.14. The van der Waals surface area contributed by atoms with Crippen molar-refractivity contribution in [1.29, 1.82) is 0 Å². The van der Waals surface area contributed by atoms with Gasteiger partial charge in [0, 0.05) is 17.3 Å². The van der Waals surface area contributed by atoms with Gasteiger partial charge in [-0.05, 0) is 37.0 Å². The molecule has 0 saturated carbocycles. The van der Waals surface area contributed by atoms with Gasteiger partial charge in [0.2, 0.25) is 5.91 Å². The molecule has 0 heterocycles. The molecule has 2 aromatic carbocycles. The predicted octanol–water partition coefficient (Wildman–Crippen LogP) is 4.11. The van der Waals surface area contributed by atoms with Crippen LogP contribution < -0.4 is 15.4 Å². The van der Waals surface area contributed by atoms with E-state index in [1.54, 1.807) is 7.11 Å². The van der Waals surface area contributed by atoms with Crippen LogP contribution in [-0.2, 0) is 17.6 Å². The van der Waals surface area contributed by atoms with Gasteiger partial charge in [-0.1, -0.05) is 50.2 Å². The van der Waals surface area contributed by atoms with E-state index in [-0.39, 0.29) is 18.5 Å². The van der Waals surface area contributed by atoms with Crippen LogP contribution in [0.4, 0.5) is 5.69 Å². The molecule has 0 bridgehead atoms. The Hall–Kier alpha value is -2.33. The average molecular weight is 340 g/mol. The fourth-order valence-corrected chi connectivity index (χ4v) is 2.97. The van der Waals surface area contributed by atoms with E-state index in [0.29, 0.717) is 0 Å². The molecular formula is C21H28N2O2. The van der Waals surface area contributed by atoms with Gasteiger partial charge in [0.15, 0.2) is 0 Å². The van der Waals surface area contributed by atoms with E-state index in [0.717, 1.165) is 29.8 Å². The Morgan fingerprint density at radius 1 is 1.04 bits per heavy atom. The van der Waals surface area contributed by atoms with Crippen LogP contribution in [0.15, 0.2) is 42.5 Å². The van der Waals surface area contributed by atoms with Crippen LogP contribution in [-0.4, -0.2) is 19.6 Å². The van der Waals surface area contributed by atoms with Crippen molar-refractivity contribution in [3.63, 3.8) is 0 Å². The van der Waals surface area contributed by atoms with E-state index in [1.165, 1.54) is 11.1 Å². The topological polar surface area (TPSA) is 50.4 Å². The summed E-state index contributed by atoms with van der Waals surface area (Å²) in [5, 5.41) is 6.36. The zero-order valence-electron chi connectivity index (χ0n) is 15.6. The first kappa shape index (κ1) is 19.0. The third-order valence-electron chi connectivity index (χ3n) is 4.44. The second-order valence-corrected chi connectivity index (χ2v) is 6.05. The Balaban J connectivity index is 2.02. The number of para-hydroxylation sites is 2. The maximum Gasteiger partial charge on any atom is 0.238 e. The maximum absolute atomic E-state index is 12.4. The lowest BCUT2D eigenvalue weighted by molar-refractivity contribution is -0.115. The molecule has 25 heavy (non-hydrogen) atoms. The first-order valence-corrected chi connectivity index (χ1v) is 8.87. The lowest BCUT2D eigenvalue weighted by Crippen LogP contribution is -2.30. The van der Waals surface area contributed by atoms with E-state index < -0.39 is 0 Å². The number of hydrogen-bond acceptors (Lipinski definition) is 3. The van der Waals surface area contributed by atoms with Crippen molar-refractivity contribution in [3.05, 3.63) is 59.2 Å². The number of aryl methyl sites for hydroxylation is 2. The summed E-state index contributed by atoms with van der Waals surface area (Å²) < 4.78 is 5.39. The molecule has 0 saturated heterocycles. The summed E-state index contributed by atoms with van der Waals surface area (Å²) in [5.74, 6) is 0.796. The highest BCUT2D eigenvalue weighted by molar-refractivity contribution is 5.93. The van der Waals surface area contributed by atoms with Gasteiger partial charge in [0.1, 0.15) is 5.75 Å². The van der Waals surface area contributed by atoms with Crippen LogP contribution in [0.5, 0.6) is 5.75 Å². The molecule has 4 heteroatoms. The summed E-state index contributed by atoms with van der Waals surface area (Å²) in [6.07, 6.45) is 1.79. The molecule has 0 spiro atoms. The van der Waals surface area contributed by atoms with Gasteiger partial charge in [-0.15, -0.1) is 0 Å². The second-order valence-electron chi connectivity index (χ2n) is 6.05. The van der Waals surface area contributed by atoms with Crippen LogP contribution in [0, 0.1) is 0 Å². The number of carbonyl (C=O) groups excluding carboxylic acids is 1. The third-order valence-corrected chi connectivity index (χ3v) is 4.44. The van der Waals surface area contributed by atoms with Crippen LogP contribution in [0.2, 0.25) is 0 Å². The number of nitrogens with one attached hydrogen (secondary N) is 2. The minimum absolute atomic E-state index is 0.0222. The van der Waals surface area contributed by atoms with Gasteiger partial charge in [0.05, 0.1) is 13.7 Å². The van der Waals surface area contributed by atoms with E-state index >= 15 is 0 Å². The molecule has 0 fully saturated rings. The molecule has 2 N–H and O–H groups in total. The Morgan fingerprint density at radius 3 is 2.28 bits per heavy atom. The zero-order valence-corrected chi connectivity index (χ0v) is 15.6. The van der Waals surface area contributed by atoms with Crippen LogP contribution in [0.25, 0.3) is 0 Å². The minimum Gasteiger partial charge on any atom is -0.496 e. The Kier molecular flexibility index (Phi) is 7.02. The van der Waals surface area contributed by atoms with E-state index in [2.05, 4.69) is 42.7 Å².